The highest BCUT2D eigenvalue weighted by Gasteiger charge is 2.66. The van der Waals surface area contributed by atoms with Crippen LogP contribution in [0.25, 0.3) is 0 Å². The largest absolute Gasteiger partial charge is 0.506 e. The van der Waals surface area contributed by atoms with Crippen LogP contribution in [0.4, 0.5) is 5.69 Å². The Balaban J connectivity index is 1.76. The Morgan fingerprint density at radius 2 is 1.64 bits per heavy atom. The van der Waals surface area contributed by atoms with Crippen LogP contribution in [0.1, 0.15) is 6.42 Å². The first-order chi connectivity index (χ1) is 10.4. The molecule has 2 amide bonds. The number of carbonyl (C=O) groups is 2. The summed E-state index contributed by atoms with van der Waals surface area (Å²) < 4.78 is 0. The molecular formula is C15H12Br2ClNO3. The predicted octanol–water partition coefficient (Wildman–Crippen LogP) is 3.33. The van der Waals surface area contributed by atoms with E-state index in [-0.39, 0.29) is 56.6 Å². The van der Waals surface area contributed by atoms with Crippen LogP contribution in [0, 0.1) is 23.7 Å². The van der Waals surface area contributed by atoms with Crippen molar-refractivity contribution in [2.24, 2.45) is 23.7 Å². The lowest BCUT2D eigenvalue weighted by Crippen LogP contribution is -2.37. The number of phenolic OH excluding ortho intramolecular Hbond substituents is 1. The number of nitrogens with zero attached hydrogens (tertiary/aromatic N) is 1. The van der Waals surface area contributed by atoms with Gasteiger partial charge in [-0.05, 0) is 30.4 Å². The zero-order valence-electron chi connectivity index (χ0n) is 11.2. The summed E-state index contributed by atoms with van der Waals surface area (Å²) >= 11 is 13.1. The quantitative estimate of drug-likeness (QED) is 0.529. The minimum atomic E-state index is -0.286. The van der Waals surface area contributed by atoms with E-state index in [1.807, 2.05) is 0 Å². The van der Waals surface area contributed by atoms with Gasteiger partial charge in [-0.25, -0.2) is 4.90 Å². The van der Waals surface area contributed by atoms with Crippen LogP contribution < -0.4 is 4.90 Å². The van der Waals surface area contributed by atoms with E-state index in [0.29, 0.717) is 5.02 Å². The van der Waals surface area contributed by atoms with E-state index in [2.05, 4.69) is 31.9 Å². The smallest absolute Gasteiger partial charge is 0.238 e. The third-order valence-corrected chi connectivity index (χ3v) is 8.61. The number of rotatable bonds is 1. The highest BCUT2D eigenvalue weighted by Crippen LogP contribution is 2.60. The maximum Gasteiger partial charge on any atom is 0.238 e. The molecule has 3 aliphatic rings. The zero-order valence-corrected chi connectivity index (χ0v) is 15.2. The van der Waals surface area contributed by atoms with Gasteiger partial charge in [0.15, 0.2) is 0 Å². The van der Waals surface area contributed by atoms with Gasteiger partial charge in [-0.2, -0.15) is 0 Å². The summed E-state index contributed by atoms with van der Waals surface area (Å²) in [5.74, 6) is -0.803. The fourth-order valence-corrected chi connectivity index (χ4v) is 6.31. The molecule has 2 saturated carbocycles. The van der Waals surface area contributed by atoms with Crippen LogP contribution in [0.5, 0.6) is 5.75 Å². The van der Waals surface area contributed by atoms with E-state index in [4.69, 9.17) is 11.6 Å². The first kappa shape index (κ1) is 15.0. The lowest BCUT2D eigenvalue weighted by molar-refractivity contribution is -0.123. The van der Waals surface area contributed by atoms with Gasteiger partial charge in [-0.1, -0.05) is 43.5 Å². The number of imide groups is 1. The molecule has 1 heterocycles. The van der Waals surface area contributed by atoms with Crippen molar-refractivity contribution in [1.82, 2.24) is 0 Å². The molecule has 0 aromatic heterocycles. The van der Waals surface area contributed by atoms with E-state index >= 15 is 0 Å². The molecule has 0 unspecified atom stereocenters. The maximum absolute atomic E-state index is 12.8. The van der Waals surface area contributed by atoms with E-state index in [1.54, 1.807) is 6.07 Å². The lowest BCUT2D eigenvalue weighted by Gasteiger charge is -2.28. The zero-order chi connectivity index (χ0) is 15.8. The number of fused-ring (bicyclic) bond motifs is 5. The summed E-state index contributed by atoms with van der Waals surface area (Å²) in [5.41, 5.74) is 0.227. The number of carbonyl (C=O) groups excluding carboxylic acids is 2. The van der Waals surface area contributed by atoms with Crippen LogP contribution in [0.3, 0.4) is 0 Å². The molecule has 3 fully saturated rings. The van der Waals surface area contributed by atoms with Crippen LogP contribution in [-0.2, 0) is 9.59 Å². The number of phenols is 1. The molecule has 22 heavy (non-hydrogen) atoms. The number of hydrogen-bond acceptors (Lipinski definition) is 3. The first-order valence-corrected chi connectivity index (χ1v) is 9.27. The highest BCUT2D eigenvalue weighted by atomic mass is 79.9. The van der Waals surface area contributed by atoms with Gasteiger partial charge in [-0.15, -0.1) is 0 Å². The van der Waals surface area contributed by atoms with E-state index < -0.39 is 0 Å². The fraction of sp³-hybridized carbons (Fsp3) is 0.467. The Bertz CT molecular complexity index is 665. The summed E-state index contributed by atoms with van der Waals surface area (Å²) in [6.45, 7) is 0. The van der Waals surface area contributed by atoms with Crippen molar-refractivity contribution in [2.75, 3.05) is 4.90 Å². The van der Waals surface area contributed by atoms with Crippen molar-refractivity contribution >= 4 is 61.0 Å². The standard InChI is InChI=1S/C15H12Br2ClNO3/c16-12-6-4-7(13(12)17)11-10(6)14(21)19(15(11)22)8-2-1-5(18)3-9(8)20/h1-3,6-7,10-13,20H,4H2/t6-,7-,10-,11-,12-,13+/m1/s1. The van der Waals surface area contributed by atoms with Gasteiger partial charge in [0.2, 0.25) is 11.8 Å². The monoisotopic (exact) mass is 447 g/mol. The molecule has 6 atom stereocenters. The van der Waals surface area contributed by atoms with Crippen LogP contribution in [0.15, 0.2) is 18.2 Å². The topological polar surface area (TPSA) is 57.6 Å². The lowest BCUT2D eigenvalue weighted by atomic mass is 9.81. The van der Waals surface area contributed by atoms with E-state index in [1.165, 1.54) is 12.1 Å². The second-order valence-electron chi connectivity index (χ2n) is 6.15. The Labute approximate surface area is 149 Å². The van der Waals surface area contributed by atoms with Crippen molar-refractivity contribution in [3.05, 3.63) is 23.2 Å². The third kappa shape index (κ3) is 1.80. The van der Waals surface area contributed by atoms with Crippen LogP contribution in [-0.4, -0.2) is 26.6 Å². The minimum Gasteiger partial charge on any atom is -0.506 e. The predicted molar refractivity (Wildman–Crippen MR) is 89.6 cm³/mol. The number of halogens is 3. The van der Waals surface area contributed by atoms with Crippen molar-refractivity contribution in [3.8, 4) is 5.75 Å². The normalized spacial score (nSPS) is 39.7. The van der Waals surface area contributed by atoms with E-state index in [9.17, 15) is 14.7 Å². The molecule has 1 aromatic carbocycles. The summed E-state index contributed by atoms with van der Waals surface area (Å²) in [4.78, 5) is 27.2. The van der Waals surface area contributed by atoms with Crippen molar-refractivity contribution in [3.63, 3.8) is 0 Å². The highest BCUT2D eigenvalue weighted by molar-refractivity contribution is 9.12. The first-order valence-electron chi connectivity index (χ1n) is 7.06. The summed E-state index contributed by atoms with van der Waals surface area (Å²) in [5, 5.41) is 10.4. The molecule has 1 aromatic rings. The Morgan fingerprint density at radius 1 is 1.09 bits per heavy atom. The van der Waals surface area contributed by atoms with Crippen molar-refractivity contribution < 1.29 is 14.7 Å². The summed E-state index contributed by atoms with van der Waals surface area (Å²) in [6.07, 6.45) is 0.888. The summed E-state index contributed by atoms with van der Waals surface area (Å²) in [6, 6.07) is 4.44. The van der Waals surface area contributed by atoms with Crippen LogP contribution >= 0.6 is 43.5 Å². The Morgan fingerprint density at radius 3 is 2.14 bits per heavy atom. The molecule has 1 aliphatic heterocycles. The van der Waals surface area contributed by atoms with Gasteiger partial charge in [0.25, 0.3) is 0 Å². The fourth-order valence-electron chi connectivity index (χ4n) is 4.27. The molecule has 4 rings (SSSR count). The third-order valence-electron chi connectivity index (χ3n) is 5.17. The second kappa shape index (κ2) is 4.95. The molecule has 1 N–H and O–H groups in total. The van der Waals surface area contributed by atoms with Gasteiger partial charge in [0.05, 0.1) is 17.5 Å². The van der Waals surface area contributed by atoms with Crippen molar-refractivity contribution in [1.29, 1.82) is 0 Å². The van der Waals surface area contributed by atoms with Gasteiger partial charge in [0, 0.05) is 20.7 Å². The minimum absolute atomic E-state index is 0.146. The average Bonchev–Trinajstić information content (AvgIpc) is 3.06. The number of anilines is 1. The van der Waals surface area contributed by atoms with Gasteiger partial charge >= 0.3 is 0 Å². The number of alkyl halides is 2. The molecule has 1 saturated heterocycles. The van der Waals surface area contributed by atoms with Gasteiger partial charge < -0.3 is 5.11 Å². The van der Waals surface area contributed by atoms with Crippen LogP contribution in [0.2, 0.25) is 5.02 Å². The maximum atomic E-state index is 12.8. The molecule has 116 valence electrons. The molecule has 0 spiro atoms. The Hall–Kier alpha value is -0.590. The number of benzene rings is 1. The average molecular weight is 450 g/mol. The summed E-state index contributed by atoms with van der Waals surface area (Å²) in [7, 11) is 0. The molecule has 0 radical (unpaired) electrons. The molecule has 4 nitrogen and oxygen atoms in total. The number of hydrogen-bond donors (Lipinski definition) is 1. The Kier molecular flexibility index (Phi) is 3.37. The SMILES string of the molecule is O=C1[C@@H]2[C@H]3C[C@@H]([C@@H](Br)[C@H]3Br)[C@H]2C(=O)N1c1ccc(Cl)cc1O. The van der Waals surface area contributed by atoms with E-state index in [0.717, 1.165) is 11.3 Å². The molecular weight excluding hydrogens is 437 g/mol. The van der Waals surface area contributed by atoms with Crippen molar-refractivity contribution in [2.45, 2.75) is 16.1 Å². The number of aromatic hydroxyl groups is 1. The molecule has 2 bridgehead atoms. The molecule has 2 aliphatic carbocycles. The molecule has 7 heteroatoms. The van der Waals surface area contributed by atoms with Gasteiger partial charge in [0.1, 0.15) is 5.75 Å². The number of amides is 2. The van der Waals surface area contributed by atoms with Gasteiger partial charge in [-0.3, -0.25) is 9.59 Å². The second-order valence-corrected chi connectivity index (χ2v) is 8.70.